The summed E-state index contributed by atoms with van der Waals surface area (Å²) in [4.78, 5) is 0. The Morgan fingerprint density at radius 1 is 1.21 bits per heavy atom. The van der Waals surface area contributed by atoms with Gasteiger partial charge in [0.2, 0.25) is 0 Å². The highest BCUT2D eigenvalue weighted by molar-refractivity contribution is 5.39. The van der Waals surface area contributed by atoms with Gasteiger partial charge in [-0.15, -0.1) is 6.58 Å². The molecule has 0 amide bonds. The van der Waals surface area contributed by atoms with Gasteiger partial charge in [0.15, 0.2) is 0 Å². The quantitative estimate of drug-likeness (QED) is 0.321. The second-order valence-electron chi connectivity index (χ2n) is 12.5. The molecule has 0 saturated heterocycles. The van der Waals surface area contributed by atoms with Crippen LogP contribution in [-0.4, -0.2) is 33.1 Å². The van der Waals surface area contributed by atoms with E-state index in [-0.39, 0.29) is 5.92 Å². The van der Waals surface area contributed by atoms with Crippen molar-refractivity contribution >= 4 is 0 Å². The SMILES string of the molecule is C=CCC[C@@H]1[C@H](O)C/C(=C/C=C2\CCC[C@]3(C)[C@@H]([C@H](C)CCCC(C)(C)O)CC[C@@H]23)C(=C)[C@H]1O. The molecule has 3 rings (SSSR count). The second-order valence-corrected chi connectivity index (χ2v) is 12.5. The van der Waals surface area contributed by atoms with Gasteiger partial charge < -0.3 is 15.3 Å². The number of hydrogen-bond acceptors (Lipinski definition) is 3. The van der Waals surface area contributed by atoms with Gasteiger partial charge in [-0.3, -0.25) is 0 Å². The van der Waals surface area contributed by atoms with Crippen LogP contribution in [0.1, 0.15) is 98.3 Å². The molecule has 34 heavy (non-hydrogen) atoms. The van der Waals surface area contributed by atoms with Gasteiger partial charge in [0.1, 0.15) is 0 Å². The molecule has 0 aromatic carbocycles. The zero-order valence-electron chi connectivity index (χ0n) is 22.2. The number of fused-ring (bicyclic) bond motifs is 1. The molecular weight excluding hydrogens is 420 g/mol. The maximum absolute atomic E-state index is 10.8. The van der Waals surface area contributed by atoms with Crippen LogP contribution in [0, 0.1) is 29.1 Å². The van der Waals surface area contributed by atoms with Crippen LogP contribution >= 0.6 is 0 Å². The molecule has 3 heteroatoms. The third kappa shape index (κ3) is 6.15. The Balaban J connectivity index is 1.69. The van der Waals surface area contributed by atoms with Crippen molar-refractivity contribution in [3.63, 3.8) is 0 Å². The number of hydrogen-bond donors (Lipinski definition) is 3. The van der Waals surface area contributed by atoms with E-state index < -0.39 is 17.8 Å². The lowest BCUT2D eigenvalue weighted by molar-refractivity contribution is 0.0147. The Hall–Kier alpha value is -1.16. The molecule has 0 heterocycles. The smallest absolute Gasteiger partial charge is 0.0840 e. The molecule has 0 bridgehead atoms. The highest BCUT2D eigenvalue weighted by atomic mass is 16.3. The van der Waals surface area contributed by atoms with Gasteiger partial charge in [-0.2, -0.15) is 0 Å². The Kier molecular flexibility index (Phi) is 9.09. The van der Waals surface area contributed by atoms with E-state index in [1.807, 2.05) is 19.9 Å². The van der Waals surface area contributed by atoms with Crippen LogP contribution in [0.15, 0.2) is 48.1 Å². The van der Waals surface area contributed by atoms with Gasteiger partial charge in [-0.25, -0.2) is 0 Å². The molecular formula is C31H50O3. The number of aliphatic hydroxyl groups is 3. The van der Waals surface area contributed by atoms with E-state index in [2.05, 4.69) is 39.2 Å². The molecule has 0 spiro atoms. The summed E-state index contributed by atoms with van der Waals surface area (Å²) in [5.41, 5.74) is 3.13. The van der Waals surface area contributed by atoms with Crippen molar-refractivity contribution in [1.29, 1.82) is 0 Å². The fourth-order valence-electron chi connectivity index (χ4n) is 7.48. The van der Waals surface area contributed by atoms with E-state index in [1.165, 1.54) is 32.1 Å². The Labute approximate surface area is 208 Å². The van der Waals surface area contributed by atoms with E-state index >= 15 is 0 Å². The molecule has 192 valence electrons. The Morgan fingerprint density at radius 3 is 2.62 bits per heavy atom. The molecule has 0 unspecified atom stereocenters. The van der Waals surface area contributed by atoms with Crippen LogP contribution in [0.4, 0.5) is 0 Å². The lowest BCUT2D eigenvalue weighted by atomic mass is 9.60. The second kappa shape index (κ2) is 11.3. The molecule has 7 atom stereocenters. The maximum Gasteiger partial charge on any atom is 0.0840 e. The molecule has 3 N–H and O–H groups in total. The minimum Gasteiger partial charge on any atom is -0.392 e. The molecule has 3 saturated carbocycles. The molecule has 3 aliphatic carbocycles. The van der Waals surface area contributed by atoms with Crippen LogP contribution in [0.2, 0.25) is 0 Å². The van der Waals surface area contributed by atoms with Gasteiger partial charge >= 0.3 is 0 Å². The van der Waals surface area contributed by atoms with E-state index in [0.717, 1.165) is 49.2 Å². The third-order valence-corrected chi connectivity index (χ3v) is 9.47. The summed E-state index contributed by atoms with van der Waals surface area (Å²) >= 11 is 0. The van der Waals surface area contributed by atoms with Gasteiger partial charge in [-0.05, 0) is 106 Å². The van der Waals surface area contributed by atoms with Crippen molar-refractivity contribution in [2.24, 2.45) is 29.1 Å². The van der Waals surface area contributed by atoms with Gasteiger partial charge in [0.25, 0.3) is 0 Å². The number of allylic oxidation sites excluding steroid dienone is 4. The average molecular weight is 471 g/mol. The normalized spacial score (nSPS) is 37.7. The van der Waals surface area contributed by atoms with Crippen LogP contribution in [-0.2, 0) is 0 Å². The maximum atomic E-state index is 10.8. The van der Waals surface area contributed by atoms with Crippen molar-refractivity contribution in [1.82, 2.24) is 0 Å². The lowest BCUT2D eigenvalue weighted by Crippen LogP contribution is -2.38. The average Bonchev–Trinajstić information content (AvgIpc) is 3.12. The van der Waals surface area contributed by atoms with Crippen molar-refractivity contribution in [2.45, 2.75) is 116 Å². The highest BCUT2D eigenvalue weighted by Gasteiger charge is 2.50. The van der Waals surface area contributed by atoms with E-state index in [4.69, 9.17) is 0 Å². The molecule has 0 aromatic rings. The van der Waals surface area contributed by atoms with Crippen LogP contribution < -0.4 is 0 Å². The Morgan fingerprint density at radius 2 is 1.94 bits per heavy atom. The molecule has 0 radical (unpaired) electrons. The molecule has 0 aromatic heterocycles. The summed E-state index contributed by atoms with van der Waals surface area (Å²) in [5, 5.41) is 31.6. The van der Waals surface area contributed by atoms with E-state index in [0.29, 0.717) is 23.7 Å². The highest BCUT2D eigenvalue weighted by Crippen LogP contribution is 2.60. The minimum absolute atomic E-state index is 0.151. The summed E-state index contributed by atoms with van der Waals surface area (Å²) in [7, 11) is 0. The van der Waals surface area contributed by atoms with Crippen molar-refractivity contribution in [2.75, 3.05) is 0 Å². The predicted octanol–water partition coefficient (Wildman–Crippen LogP) is 6.90. The summed E-state index contributed by atoms with van der Waals surface area (Å²) in [6.07, 6.45) is 16.7. The van der Waals surface area contributed by atoms with Gasteiger partial charge in [-0.1, -0.05) is 57.1 Å². The van der Waals surface area contributed by atoms with Crippen LogP contribution in [0.25, 0.3) is 0 Å². The van der Waals surface area contributed by atoms with Crippen molar-refractivity contribution < 1.29 is 15.3 Å². The molecule has 3 aliphatic rings. The zero-order valence-corrected chi connectivity index (χ0v) is 22.2. The lowest BCUT2D eigenvalue weighted by Gasteiger charge is -2.44. The van der Waals surface area contributed by atoms with Gasteiger partial charge in [0, 0.05) is 5.92 Å². The molecule has 0 aliphatic heterocycles. The zero-order chi connectivity index (χ0) is 25.1. The molecule has 3 nitrogen and oxygen atoms in total. The van der Waals surface area contributed by atoms with Gasteiger partial charge in [0.05, 0.1) is 17.8 Å². The first-order valence-electron chi connectivity index (χ1n) is 13.8. The Bertz CT molecular complexity index is 785. The summed E-state index contributed by atoms with van der Waals surface area (Å²) in [6, 6.07) is 0. The fraction of sp³-hybridized carbons (Fsp3) is 0.742. The fourth-order valence-corrected chi connectivity index (χ4v) is 7.48. The standard InChI is InChI=1S/C31H50O3/c1-7-8-13-25-28(32)20-24(22(3)29(25)33)15-14-23-12-10-19-31(6)26(16-17-27(23)31)21(2)11-9-18-30(4,5)34/h7,14-15,21,25-29,32-34H,1,3,8-13,16-20H2,2,4-6H3/b23-14+,24-15-/t21-,25-,26-,27+,28-,29-,31-/m1/s1. The first-order valence-corrected chi connectivity index (χ1v) is 13.8. The number of rotatable bonds is 9. The predicted molar refractivity (Wildman–Crippen MR) is 142 cm³/mol. The first kappa shape index (κ1) is 27.4. The largest absolute Gasteiger partial charge is 0.392 e. The van der Waals surface area contributed by atoms with Crippen LogP contribution in [0.3, 0.4) is 0 Å². The van der Waals surface area contributed by atoms with Crippen LogP contribution in [0.5, 0.6) is 0 Å². The van der Waals surface area contributed by atoms with E-state index in [9.17, 15) is 15.3 Å². The monoisotopic (exact) mass is 470 g/mol. The van der Waals surface area contributed by atoms with E-state index in [1.54, 1.807) is 5.57 Å². The number of aliphatic hydroxyl groups excluding tert-OH is 2. The first-order chi connectivity index (χ1) is 16.0. The third-order valence-electron chi connectivity index (χ3n) is 9.47. The van der Waals surface area contributed by atoms with Crippen molar-refractivity contribution in [3.8, 4) is 0 Å². The summed E-state index contributed by atoms with van der Waals surface area (Å²) in [6.45, 7) is 16.7. The summed E-state index contributed by atoms with van der Waals surface area (Å²) < 4.78 is 0. The van der Waals surface area contributed by atoms with Crippen molar-refractivity contribution in [3.05, 3.63) is 48.1 Å². The molecule has 3 fully saturated rings. The summed E-state index contributed by atoms with van der Waals surface area (Å²) in [5.74, 6) is 1.91. The minimum atomic E-state index is -0.675. The topological polar surface area (TPSA) is 60.7 Å².